The van der Waals surface area contributed by atoms with Gasteiger partial charge in [-0.3, -0.25) is 0 Å². The second-order valence-electron chi connectivity index (χ2n) is 5.38. The number of ether oxygens (including phenoxy) is 1. The molecule has 2 aliphatic heterocycles. The van der Waals surface area contributed by atoms with Crippen LogP contribution in [0, 0.1) is 5.82 Å². The van der Waals surface area contributed by atoms with Gasteiger partial charge in [-0.1, -0.05) is 29.6 Å². The molecule has 104 valence electrons. The number of piperidine rings is 2. The summed E-state index contributed by atoms with van der Waals surface area (Å²) in [5, 5.41) is 3.71. The van der Waals surface area contributed by atoms with Gasteiger partial charge < -0.3 is 10.1 Å². The van der Waals surface area contributed by atoms with E-state index in [1.807, 2.05) is 0 Å². The molecule has 1 N–H and O–H groups in total. The molecule has 0 radical (unpaired) electrons. The Balaban J connectivity index is 1.73. The third-order valence-corrected chi connectivity index (χ3v) is 4.81. The lowest BCUT2D eigenvalue weighted by atomic mass is 9.85. The number of fused-ring (bicyclic) bond motifs is 2. The number of nitrogens with one attached hydrogen (secondary N) is 1. The van der Waals surface area contributed by atoms with Crippen LogP contribution in [0.2, 0.25) is 10.0 Å². The average molecular weight is 304 g/mol. The fourth-order valence-corrected chi connectivity index (χ4v) is 3.44. The van der Waals surface area contributed by atoms with E-state index in [0.29, 0.717) is 17.8 Å². The summed E-state index contributed by atoms with van der Waals surface area (Å²) in [5.41, 5.74) is 0. The molecule has 2 bridgehead atoms. The zero-order valence-electron chi connectivity index (χ0n) is 10.5. The van der Waals surface area contributed by atoms with Gasteiger partial charge in [0.2, 0.25) is 0 Å². The van der Waals surface area contributed by atoms with E-state index >= 15 is 0 Å². The molecule has 3 rings (SSSR count). The monoisotopic (exact) mass is 303 g/mol. The van der Waals surface area contributed by atoms with Crippen LogP contribution in [0.3, 0.4) is 0 Å². The zero-order valence-corrected chi connectivity index (χ0v) is 12.0. The largest absolute Gasteiger partial charge is 0.489 e. The fraction of sp³-hybridized carbons (Fsp3) is 0.571. The predicted octanol–water partition coefficient (Wildman–Crippen LogP) is 4.18. The molecule has 2 unspecified atom stereocenters. The molecule has 0 aromatic heterocycles. The minimum Gasteiger partial charge on any atom is -0.489 e. The Hall–Kier alpha value is -0.510. The molecule has 19 heavy (non-hydrogen) atoms. The van der Waals surface area contributed by atoms with Crippen LogP contribution in [0.25, 0.3) is 0 Å². The second-order valence-corrected chi connectivity index (χ2v) is 6.13. The minimum absolute atomic E-state index is 0.0618. The summed E-state index contributed by atoms with van der Waals surface area (Å²) in [6.07, 6.45) is 5.78. The molecular formula is C14H16Cl2FNO. The first-order chi connectivity index (χ1) is 9.13. The maximum atomic E-state index is 13.2. The smallest absolute Gasteiger partial charge is 0.143 e. The molecule has 0 saturated carbocycles. The van der Waals surface area contributed by atoms with E-state index in [-0.39, 0.29) is 16.1 Å². The van der Waals surface area contributed by atoms with Crippen LogP contribution >= 0.6 is 23.2 Å². The number of hydrogen-bond acceptors (Lipinski definition) is 2. The molecule has 2 atom stereocenters. The van der Waals surface area contributed by atoms with Crippen molar-refractivity contribution < 1.29 is 9.13 Å². The first-order valence-corrected chi connectivity index (χ1v) is 7.45. The highest BCUT2D eigenvalue weighted by Gasteiger charge is 2.32. The Kier molecular flexibility index (Phi) is 3.88. The van der Waals surface area contributed by atoms with Crippen molar-refractivity contribution in [2.75, 3.05) is 0 Å². The molecule has 0 amide bonds. The minimum atomic E-state index is -0.513. The lowest BCUT2D eigenvalue weighted by molar-refractivity contribution is 0.0927. The van der Waals surface area contributed by atoms with E-state index in [4.69, 9.17) is 27.9 Å². The topological polar surface area (TPSA) is 21.3 Å². The average Bonchev–Trinajstić information content (AvgIpc) is 2.39. The summed E-state index contributed by atoms with van der Waals surface area (Å²) in [5.74, 6) is -0.0285. The molecule has 2 saturated heterocycles. The van der Waals surface area contributed by atoms with Crippen molar-refractivity contribution in [3.63, 3.8) is 0 Å². The van der Waals surface area contributed by atoms with Crippen molar-refractivity contribution in [3.05, 3.63) is 28.0 Å². The van der Waals surface area contributed by atoms with Gasteiger partial charge in [0.25, 0.3) is 0 Å². The van der Waals surface area contributed by atoms with Crippen molar-refractivity contribution in [1.29, 1.82) is 0 Å². The Morgan fingerprint density at radius 1 is 1.11 bits per heavy atom. The first kappa shape index (κ1) is 13.5. The number of rotatable bonds is 2. The van der Waals surface area contributed by atoms with Gasteiger partial charge >= 0.3 is 0 Å². The Morgan fingerprint density at radius 2 is 1.79 bits per heavy atom. The molecule has 5 heteroatoms. The van der Waals surface area contributed by atoms with Crippen molar-refractivity contribution in [2.24, 2.45) is 0 Å². The summed E-state index contributed by atoms with van der Waals surface area (Å²) in [6.45, 7) is 0. The van der Waals surface area contributed by atoms with Gasteiger partial charge in [0.15, 0.2) is 0 Å². The maximum absolute atomic E-state index is 13.2. The van der Waals surface area contributed by atoms with E-state index in [9.17, 15) is 4.39 Å². The molecule has 0 aliphatic carbocycles. The van der Waals surface area contributed by atoms with E-state index in [0.717, 1.165) is 12.8 Å². The molecule has 1 aromatic carbocycles. The van der Waals surface area contributed by atoms with Gasteiger partial charge in [-0.2, -0.15) is 0 Å². The standard InChI is InChI=1S/C14H16Cl2FNO/c15-13-11(17)4-5-12(14(13)16)19-10-6-8-2-1-3-9(7-10)18-8/h4-5,8-10,18H,1-3,6-7H2. The highest BCUT2D eigenvalue weighted by molar-refractivity contribution is 6.43. The number of benzene rings is 1. The maximum Gasteiger partial charge on any atom is 0.143 e. The van der Waals surface area contributed by atoms with Gasteiger partial charge in [0.1, 0.15) is 22.7 Å². The lowest BCUT2D eigenvalue weighted by Crippen LogP contribution is -2.51. The lowest BCUT2D eigenvalue weighted by Gasteiger charge is -2.40. The van der Waals surface area contributed by atoms with E-state index in [1.54, 1.807) is 6.07 Å². The molecule has 2 nitrogen and oxygen atoms in total. The summed E-state index contributed by atoms with van der Waals surface area (Å²) >= 11 is 11.8. The molecule has 2 fully saturated rings. The van der Waals surface area contributed by atoms with Crippen LogP contribution in [-0.2, 0) is 0 Å². The van der Waals surface area contributed by atoms with Crippen LogP contribution in [0.1, 0.15) is 32.1 Å². The van der Waals surface area contributed by atoms with Gasteiger partial charge in [0.05, 0.1) is 5.02 Å². The zero-order chi connectivity index (χ0) is 13.4. The van der Waals surface area contributed by atoms with Crippen LogP contribution in [0.15, 0.2) is 12.1 Å². The Labute approximate surface area is 122 Å². The van der Waals surface area contributed by atoms with E-state index in [1.165, 1.54) is 25.3 Å². The quantitative estimate of drug-likeness (QED) is 0.827. The van der Waals surface area contributed by atoms with Crippen molar-refractivity contribution in [1.82, 2.24) is 5.32 Å². The normalized spacial score (nSPS) is 30.2. The SMILES string of the molecule is Fc1ccc(OC2CC3CCCC(C2)N3)c(Cl)c1Cl. The summed E-state index contributed by atoms with van der Waals surface area (Å²) in [7, 11) is 0. The van der Waals surface area contributed by atoms with Gasteiger partial charge in [-0.15, -0.1) is 0 Å². The van der Waals surface area contributed by atoms with Crippen molar-refractivity contribution in [3.8, 4) is 5.75 Å². The predicted molar refractivity (Wildman–Crippen MR) is 74.6 cm³/mol. The summed E-state index contributed by atoms with van der Waals surface area (Å²) in [6, 6.07) is 3.92. The Bertz CT molecular complexity index is 471. The first-order valence-electron chi connectivity index (χ1n) is 6.69. The van der Waals surface area contributed by atoms with Crippen molar-refractivity contribution in [2.45, 2.75) is 50.3 Å². The molecule has 1 aromatic rings. The highest BCUT2D eigenvalue weighted by Crippen LogP contribution is 2.36. The number of hydrogen-bond donors (Lipinski definition) is 1. The van der Waals surface area contributed by atoms with Crippen LogP contribution in [0.5, 0.6) is 5.75 Å². The van der Waals surface area contributed by atoms with E-state index < -0.39 is 5.82 Å². The van der Waals surface area contributed by atoms with Crippen LogP contribution < -0.4 is 10.1 Å². The van der Waals surface area contributed by atoms with E-state index in [2.05, 4.69) is 5.32 Å². The summed E-state index contributed by atoms with van der Waals surface area (Å²) in [4.78, 5) is 0. The second kappa shape index (κ2) is 5.47. The fourth-order valence-electron chi connectivity index (χ4n) is 3.09. The molecule has 2 aliphatic rings. The van der Waals surface area contributed by atoms with Crippen LogP contribution in [0.4, 0.5) is 4.39 Å². The van der Waals surface area contributed by atoms with Gasteiger partial charge in [-0.05, 0) is 37.8 Å². The number of halogens is 3. The third kappa shape index (κ3) is 2.83. The Morgan fingerprint density at radius 3 is 2.47 bits per heavy atom. The van der Waals surface area contributed by atoms with Crippen LogP contribution in [-0.4, -0.2) is 18.2 Å². The molecule has 2 heterocycles. The van der Waals surface area contributed by atoms with Gasteiger partial charge in [0, 0.05) is 12.1 Å². The highest BCUT2D eigenvalue weighted by atomic mass is 35.5. The molecular weight excluding hydrogens is 288 g/mol. The third-order valence-electron chi connectivity index (χ3n) is 3.96. The molecule has 0 spiro atoms. The van der Waals surface area contributed by atoms with Crippen molar-refractivity contribution >= 4 is 23.2 Å². The summed E-state index contributed by atoms with van der Waals surface area (Å²) < 4.78 is 19.2. The van der Waals surface area contributed by atoms with Gasteiger partial charge in [-0.25, -0.2) is 4.39 Å².